The first-order valence-corrected chi connectivity index (χ1v) is 5.88. The first kappa shape index (κ1) is 10.9. The number of fused-ring (bicyclic) bond motifs is 1. The van der Waals surface area contributed by atoms with E-state index in [1.165, 1.54) is 12.1 Å². The Labute approximate surface area is 104 Å². The van der Waals surface area contributed by atoms with E-state index in [9.17, 15) is 4.39 Å². The maximum atomic E-state index is 13.0. The molecule has 0 saturated heterocycles. The summed E-state index contributed by atoms with van der Waals surface area (Å²) in [5, 5.41) is 0. The van der Waals surface area contributed by atoms with Gasteiger partial charge in [0.2, 0.25) is 0 Å². The number of benzene rings is 1. The highest BCUT2D eigenvalue weighted by atomic mass is 19.1. The quantitative estimate of drug-likeness (QED) is 0.690. The van der Waals surface area contributed by atoms with Crippen LogP contribution in [-0.2, 0) is 6.42 Å². The van der Waals surface area contributed by atoms with Crippen LogP contribution in [0, 0.1) is 5.82 Å². The van der Waals surface area contributed by atoms with Gasteiger partial charge in [0.25, 0.3) is 0 Å². The minimum atomic E-state index is -0.242. The summed E-state index contributed by atoms with van der Waals surface area (Å²) < 4.78 is 15.0. The van der Waals surface area contributed by atoms with Crippen LogP contribution in [0.5, 0.6) is 0 Å². The molecule has 1 aromatic carbocycles. The monoisotopic (exact) mass is 241 g/mol. The zero-order valence-electron chi connectivity index (χ0n) is 9.97. The lowest BCUT2D eigenvalue weighted by molar-refractivity contribution is 0.627. The van der Waals surface area contributed by atoms with Crippen molar-refractivity contribution in [3.63, 3.8) is 0 Å². The summed E-state index contributed by atoms with van der Waals surface area (Å²) in [5.41, 5.74) is 2.55. The summed E-state index contributed by atoms with van der Waals surface area (Å²) in [7, 11) is 0. The van der Waals surface area contributed by atoms with Crippen LogP contribution in [0.2, 0.25) is 0 Å². The Morgan fingerprint density at radius 1 is 1.17 bits per heavy atom. The number of pyridine rings is 1. The molecule has 0 aliphatic heterocycles. The Hall–Kier alpha value is -2.23. The van der Waals surface area contributed by atoms with E-state index in [1.54, 1.807) is 18.3 Å². The molecule has 90 valence electrons. The highest BCUT2D eigenvalue weighted by Gasteiger charge is 2.11. The van der Waals surface area contributed by atoms with Crippen LogP contribution in [0.25, 0.3) is 16.9 Å². The molecule has 0 amide bonds. The normalized spacial score (nSPS) is 11.0. The summed E-state index contributed by atoms with van der Waals surface area (Å²) in [6.07, 6.45) is 2.54. The van der Waals surface area contributed by atoms with Crippen LogP contribution < -0.4 is 0 Å². The summed E-state index contributed by atoms with van der Waals surface area (Å²) in [5.74, 6) is 0.685. The van der Waals surface area contributed by atoms with Gasteiger partial charge in [0.1, 0.15) is 17.2 Å². The molecule has 3 aromatic rings. The SMILES string of the molecule is CCc1nc2cccnc2n1-c1ccc(F)cc1. The van der Waals surface area contributed by atoms with Crippen molar-refractivity contribution < 1.29 is 4.39 Å². The van der Waals surface area contributed by atoms with Crippen LogP contribution in [0.15, 0.2) is 42.6 Å². The molecule has 0 radical (unpaired) electrons. The van der Waals surface area contributed by atoms with E-state index in [0.29, 0.717) is 0 Å². The van der Waals surface area contributed by atoms with Gasteiger partial charge in [-0.3, -0.25) is 4.57 Å². The molecule has 3 rings (SSSR count). The summed E-state index contributed by atoms with van der Waals surface area (Å²) in [6, 6.07) is 10.2. The van der Waals surface area contributed by atoms with Gasteiger partial charge in [0.15, 0.2) is 5.65 Å². The van der Waals surface area contributed by atoms with Gasteiger partial charge < -0.3 is 0 Å². The number of aryl methyl sites for hydroxylation is 1. The average Bonchev–Trinajstić information content (AvgIpc) is 2.78. The Kier molecular flexibility index (Phi) is 2.55. The van der Waals surface area contributed by atoms with Crippen LogP contribution >= 0.6 is 0 Å². The van der Waals surface area contributed by atoms with Gasteiger partial charge in [-0.2, -0.15) is 0 Å². The fourth-order valence-electron chi connectivity index (χ4n) is 2.06. The average molecular weight is 241 g/mol. The third kappa shape index (κ3) is 1.66. The molecule has 2 heterocycles. The van der Waals surface area contributed by atoms with Gasteiger partial charge in [-0.1, -0.05) is 6.92 Å². The topological polar surface area (TPSA) is 30.7 Å². The van der Waals surface area contributed by atoms with Gasteiger partial charge in [-0.05, 0) is 36.4 Å². The molecule has 0 spiro atoms. The first-order valence-electron chi connectivity index (χ1n) is 5.88. The number of nitrogens with zero attached hydrogens (tertiary/aromatic N) is 3. The van der Waals surface area contributed by atoms with Crippen molar-refractivity contribution in [3.8, 4) is 5.69 Å². The van der Waals surface area contributed by atoms with Crippen molar-refractivity contribution in [1.82, 2.24) is 14.5 Å². The van der Waals surface area contributed by atoms with E-state index in [0.717, 1.165) is 29.1 Å². The number of hydrogen-bond donors (Lipinski definition) is 0. The van der Waals surface area contributed by atoms with Crippen molar-refractivity contribution in [1.29, 1.82) is 0 Å². The zero-order chi connectivity index (χ0) is 12.5. The second kappa shape index (κ2) is 4.22. The highest BCUT2D eigenvalue weighted by Crippen LogP contribution is 2.20. The number of rotatable bonds is 2. The van der Waals surface area contributed by atoms with Crippen molar-refractivity contribution in [2.24, 2.45) is 0 Å². The molecule has 2 aromatic heterocycles. The molecule has 0 bridgehead atoms. The van der Waals surface area contributed by atoms with E-state index in [-0.39, 0.29) is 5.82 Å². The van der Waals surface area contributed by atoms with Gasteiger partial charge >= 0.3 is 0 Å². The molecule has 0 saturated carbocycles. The lowest BCUT2D eigenvalue weighted by atomic mass is 10.3. The van der Waals surface area contributed by atoms with E-state index >= 15 is 0 Å². The second-order valence-corrected chi connectivity index (χ2v) is 4.04. The zero-order valence-corrected chi connectivity index (χ0v) is 9.97. The molecule has 0 fully saturated rings. The third-order valence-corrected chi connectivity index (χ3v) is 2.89. The van der Waals surface area contributed by atoms with Crippen LogP contribution in [0.1, 0.15) is 12.7 Å². The number of halogens is 1. The fourth-order valence-corrected chi connectivity index (χ4v) is 2.06. The maximum Gasteiger partial charge on any atom is 0.164 e. The smallest absolute Gasteiger partial charge is 0.164 e. The molecule has 0 N–H and O–H groups in total. The molecule has 3 nitrogen and oxygen atoms in total. The fraction of sp³-hybridized carbons (Fsp3) is 0.143. The Morgan fingerprint density at radius 3 is 2.67 bits per heavy atom. The lowest BCUT2D eigenvalue weighted by Crippen LogP contribution is -2.00. The Bertz CT molecular complexity index is 686. The van der Waals surface area contributed by atoms with E-state index in [4.69, 9.17) is 0 Å². The highest BCUT2D eigenvalue weighted by molar-refractivity contribution is 5.73. The van der Waals surface area contributed by atoms with Crippen molar-refractivity contribution in [2.75, 3.05) is 0 Å². The van der Waals surface area contributed by atoms with Gasteiger partial charge in [-0.25, -0.2) is 14.4 Å². The predicted molar refractivity (Wildman–Crippen MR) is 68.2 cm³/mol. The summed E-state index contributed by atoms with van der Waals surface area (Å²) in [6.45, 7) is 2.04. The lowest BCUT2D eigenvalue weighted by Gasteiger charge is -2.06. The molecule has 4 heteroatoms. The molecule has 0 unspecified atom stereocenters. The number of hydrogen-bond acceptors (Lipinski definition) is 2. The van der Waals surface area contributed by atoms with Gasteiger partial charge in [-0.15, -0.1) is 0 Å². The van der Waals surface area contributed by atoms with Gasteiger partial charge in [0.05, 0.1) is 0 Å². The predicted octanol–water partition coefficient (Wildman–Crippen LogP) is 3.12. The molecule has 0 aliphatic carbocycles. The second-order valence-electron chi connectivity index (χ2n) is 4.04. The first-order chi connectivity index (χ1) is 8.79. The van der Waals surface area contributed by atoms with Crippen molar-refractivity contribution in [2.45, 2.75) is 13.3 Å². The molecular formula is C14H12FN3. The maximum absolute atomic E-state index is 13.0. The minimum Gasteiger partial charge on any atom is -0.281 e. The summed E-state index contributed by atoms with van der Waals surface area (Å²) in [4.78, 5) is 8.89. The molecule has 0 atom stereocenters. The standard InChI is InChI=1S/C14H12FN3/c1-2-13-17-12-4-3-9-16-14(12)18(13)11-7-5-10(15)6-8-11/h3-9H,2H2,1H3. The van der Waals surface area contributed by atoms with E-state index in [2.05, 4.69) is 9.97 Å². The summed E-state index contributed by atoms with van der Waals surface area (Å²) >= 11 is 0. The van der Waals surface area contributed by atoms with Gasteiger partial charge in [0, 0.05) is 18.3 Å². The number of aromatic nitrogens is 3. The minimum absolute atomic E-state index is 0.242. The molecular weight excluding hydrogens is 229 g/mol. The largest absolute Gasteiger partial charge is 0.281 e. The van der Waals surface area contributed by atoms with E-state index in [1.807, 2.05) is 23.6 Å². The number of imidazole rings is 1. The Morgan fingerprint density at radius 2 is 1.94 bits per heavy atom. The molecule has 18 heavy (non-hydrogen) atoms. The van der Waals surface area contributed by atoms with Crippen LogP contribution in [0.3, 0.4) is 0 Å². The van der Waals surface area contributed by atoms with Crippen LogP contribution in [-0.4, -0.2) is 14.5 Å². The third-order valence-electron chi connectivity index (χ3n) is 2.89. The van der Waals surface area contributed by atoms with Crippen LogP contribution in [0.4, 0.5) is 4.39 Å². The van der Waals surface area contributed by atoms with E-state index < -0.39 is 0 Å². The van der Waals surface area contributed by atoms with Crippen molar-refractivity contribution in [3.05, 3.63) is 54.2 Å². The van der Waals surface area contributed by atoms with Crippen molar-refractivity contribution >= 4 is 11.2 Å². The molecule has 0 aliphatic rings. The Balaban J connectivity index is 2.29.